The van der Waals surface area contributed by atoms with E-state index in [-0.39, 0.29) is 27.5 Å². The summed E-state index contributed by atoms with van der Waals surface area (Å²) in [7, 11) is 0. The average molecular weight is 943 g/mol. The van der Waals surface area contributed by atoms with Gasteiger partial charge in [0.05, 0.1) is 41.7 Å². The molecule has 4 aromatic heterocycles. The smallest absolute Gasteiger partial charge is 0.355 e. The number of carboxylic acid groups (broad SMARTS) is 1. The Hall–Kier alpha value is -3.73. The predicted molar refractivity (Wildman–Crippen MR) is 245 cm³/mol. The third kappa shape index (κ3) is 7.40. The van der Waals surface area contributed by atoms with Crippen LogP contribution < -0.4 is 10.2 Å². The maximum atomic E-state index is 13.0. The maximum Gasteiger partial charge on any atom is 0.355 e. The molecule has 11 rings (SSSR count). The van der Waals surface area contributed by atoms with Gasteiger partial charge in [-0.15, -0.1) is 10.2 Å². The van der Waals surface area contributed by atoms with Crippen molar-refractivity contribution in [3.8, 4) is 11.1 Å². The highest BCUT2D eigenvalue weighted by atomic mass is 127. The average Bonchev–Trinajstić information content (AvgIpc) is 3.69. The molecular formula is C46H57IN9O3S+. The molecule has 6 heterocycles. The summed E-state index contributed by atoms with van der Waals surface area (Å²) in [6, 6.07) is 11.9. The van der Waals surface area contributed by atoms with E-state index in [0.717, 1.165) is 92.2 Å². The number of halogens is 1. The Kier molecular flexibility index (Phi) is 10.1. The van der Waals surface area contributed by atoms with Crippen molar-refractivity contribution in [2.24, 2.45) is 16.2 Å². The van der Waals surface area contributed by atoms with Gasteiger partial charge in [-0.3, -0.25) is 7.38 Å². The Morgan fingerprint density at radius 1 is 0.933 bits per heavy atom. The molecule has 4 atom stereocenters. The van der Waals surface area contributed by atoms with E-state index in [1.807, 2.05) is 41.4 Å². The zero-order valence-corrected chi connectivity index (χ0v) is 38.4. The number of fused-ring (bicyclic) bond motifs is 2. The molecule has 316 valence electrons. The number of benzene rings is 1. The van der Waals surface area contributed by atoms with Gasteiger partial charge < -0.3 is 20.1 Å². The first-order valence-electron chi connectivity index (χ1n) is 22.0. The molecule has 1 saturated heterocycles. The number of nitrogens with zero attached hydrogens (tertiary/aromatic N) is 8. The molecule has 4 saturated carbocycles. The zero-order valence-electron chi connectivity index (χ0n) is 35.4. The summed E-state index contributed by atoms with van der Waals surface area (Å²) in [5.41, 5.74) is 5.88. The first kappa shape index (κ1) is 40.3. The number of aromatic nitrogens is 6. The number of carbonyl (C=O) groups is 1. The third-order valence-corrected chi connectivity index (χ3v) is 17.0. The van der Waals surface area contributed by atoms with Crippen LogP contribution in [0.25, 0.3) is 21.3 Å². The molecule has 6 aliphatic rings. The van der Waals surface area contributed by atoms with E-state index in [2.05, 4.69) is 76.8 Å². The number of likely N-dealkylation sites (tertiary alicyclic amines) is 1. The van der Waals surface area contributed by atoms with Crippen LogP contribution in [0.4, 0.5) is 22.6 Å². The molecule has 0 radical (unpaired) electrons. The molecule has 0 spiro atoms. The molecule has 5 fully saturated rings. The van der Waals surface area contributed by atoms with Crippen LogP contribution >= 0.6 is 34.2 Å². The normalized spacial score (nSPS) is 28.2. The number of rotatable bonds is 11. The van der Waals surface area contributed by atoms with Crippen molar-refractivity contribution in [3.63, 3.8) is 0 Å². The van der Waals surface area contributed by atoms with Crippen LogP contribution in [0.3, 0.4) is 0 Å². The van der Waals surface area contributed by atoms with Crippen LogP contribution in [0, 0.1) is 30.1 Å². The summed E-state index contributed by atoms with van der Waals surface area (Å²) in [4.78, 5) is 24.6. The maximum absolute atomic E-state index is 13.0. The summed E-state index contributed by atoms with van der Waals surface area (Å²) >= 11 is 4.29. The number of para-hydroxylation sites is 1. The van der Waals surface area contributed by atoms with E-state index >= 15 is 0 Å². The van der Waals surface area contributed by atoms with E-state index in [9.17, 15) is 9.90 Å². The summed E-state index contributed by atoms with van der Waals surface area (Å²) in [5.74, 6) is 0.876. The SMILES string of the molecule is Cc1c(Nc2nc3ccccc3s2)nnc2c1CCCN2c1ccc(-c2cnn(C[C@]34C[C@]5(C)C[C@](C)(C3)C[C@@](OCC[N+]3(I)CCCCCC3)(C5)C4)c2C)c(C(=O)O)n1. The van der Waals surface area contributed by atoms with Crippen LogP contribution in [0.15, 0.2) is 42.6 Å². The van der Waals surface area contributed by atoms with Crippen LogP contribution in [-0.4, -0.2) is 82.1 Å². The lowest BCUT2D eigenvalue weighted by Crippen LogP contribution is -2.64. The highest BCUT2D eigenvalue weighted by Crippen LogP contribution is 2.72. The molecule has 12 nitrogen and oxygen atoms in total. The molecule has 4 aliphatic carbocycles. The Morgan fingerprint density at radius 2 is 1.70 bits per heavy atom. The Morgan fingerprint density at radius 3 is 2.45 bits per heavy atom. The van der Waals surface area contributed by atoms with Crippen LogP contribution in [0.5, 0.6) is 0 Å². The Balaban J connectivity index is 0.893. The molecule has 0 amide bonds. The second kappa shape index (κ2) is 15.0. The van der Waals surface area contributed by atoms with Crippen molar-refractivity contribution in [2.45, 2.75) is 117 Å². The highest BCUT2D eigenvalue weighted by Gasteiger charge is 2.66. The quantitative estimate of drug-likeness (QED) is 0.0975. The molecule has 14 heteroatoms. The molecule has 4 bridgehead atoms. The predicted octanol–water partition coefficient (Wildman–Crippen LogP) is 10.4. The monoisotopic (exact) mass is 942 g/mol. The van der Waals surface area contributed by atoms with E-state index in [1.54, 1.807) is 11.3 Å². The van der Waals surface area contributed by atoms with E-state index < -0.39 is 5.97 Å². The van der Waals surface area contributed by atoms with Crippen LogP contribution in [-0.2, 0) is 17.7 Å². The van der Waals surface area contributed by atoms with Crippen molar-refractivity contribution in [1.82, 2.24) is 29.9 Å². The van der Waals surface area contributed by atoms with Gasteiger partial charge in [0.1, 0.15) is 12.4 Å². The number of nitrogens with one attached hydrogen (secondary N) is 1. The fraction of sp³-hybridized carbons (Fsp3) is 0.565. The number of hydrogen-bond donors (Lipinski definition) is 2. The van der Waals surface area contributed by atoms with Gasteiger partial charge in [-0.05, 0) is 131 Å². The molecule has 1 aromatic carbocycles. The van der Waals surface area contributed by atoms with E-state index in [4.69, 9.17) is 19.8 Å². The Labute approximate surface area is 370 Å². The van der Waals surface area contributed by atoms with Gasteiger partial charge in [-0.2, -0.15) is 5.10 Å². The van der Waals surface area contributed by atoms with Crippen molar-refractivity contribution in [3.05, 3.63) is 65.1 Å². The minimum absolute atomic E-state index is 0.0170. The molecule has 2 N–H and O–H groups in total. The molecule has 2 aliphatic heterocycles. The van der Waals surface area contributed by atoms with Crippen molar-refractivity contribution in [1.29, 1.82) is 0 Å². The number of carboxylic acids is 1. The van der Waals surface area contributed by atoms with Crippen molar-refractivity contribution >= 4 is 73.0 Å². The number of anilines is 4. The topological polar surface area (TPSA) is 131 Å². The number of thiazole rings is 1. The summed E-state index contributed by atoms with van der Waals surface area (Å²) in [6.45, 7) is 15.1. The Bertz CT molecular complexity index is 2420. The summed E-state index contributed by atoms with van der Waals surface area (Å²) in [6.07, 6.45) is 15.9. The van der Waals surface area contributed by atoms with Crippen LogP contribution in [0.1, 0.15) is 112 Å². The lowest BCUT2D eigenvalue weighted by Gasteiger charge is -2.69. The third-order valence-electron chi connectivity index (χ3n) is 14.6. The second-order valence-corrected chi connectivity index (χ2v) is 22.9. The number of pyridine rings is 1. The number of aromatic carboxylic acids is 1. The van der Waals surface area contributed by atoms with E-state index in [0.29, 0.717) is 29.6 Å². The highest BCUT2D eigenvalue weighted by molar-refractivity contribution is 14.1. The molecule has 0 unspecified atom stereocenters. The molecular weight excluding hydrogens is 886 g/mol. The van der Waals surface area contributed by atoms with Gasteiger partial charge in [-0.25, -0.2) is 14.8 Å². The zero-order chi connectivity index (χ0) is 41.5. The number of hydrogen-bond acceptors (Lipinski definition) is 10. The lowest BCUT2D eigenvalue weighted by atomic mass is 9.39. The van der Waals surface area contributed by atoms with Gasteiger partial charge in [-0.1, -0.05) is 37.3 Å². The fourth-order valence-corrected chi connectivity index (χ4v) is 14.9. The second-order valence-electron chi connectivity index (χ2n) is 19.8. The van der Waals surface area contributed by atoms with Crippen molar-refractivity contribution < 1.29 is 17.3 Å². The van der Waals surface area contributed by atoms with E-state index in [1.165, 1.54) is 58.0 Å². The van der Waals surface area contributed by atoms with Crippen LogP contribution in [0.2, 0.25) is 0 Å². The standard InChI is InChI=1S/C46H56IN9O3S/c1-30-32-12-11-17-54(40(32)53-52-39(30)51-42-49-35-13-7-8-14-36(35)60-42)37-16-15-33(38(50-37)41(57)58)34-22-48-55(31(34)2)29-45-24-43(3)23-44(4,25-45)27-46(26-43,28-45)59-21-20-56(47)18-9-5-6-10-19-56/h7-8,13-16,22H,5-6,9-12,17-21,23-29H2,1-4H3,(H-,49,51,52,57,58)/p+1/t43-,44+,45+,46-. The van der Waals surface area contributed by atoms with Gasteiger partial charge >= 0.3 is 5.97 Å². The number of ether oxygens (including phenoxy) is 1. The minimum Gasteiger partial charge on any atom is -0.476 e. The van der Waals surface area contributed by atoms with Gasteiger partial charge in [0.15, 0.2) is 22.5 Å². The summed E-state index contributed by atoms with van der Waals surface area (Å²) < 4.78 is 11.6. The first-order chi connectivity index (χ1) is 28.7. The minimum atomic E-state index is -1.06. The molecule has 60 heavy (non-hydrogen) atoms. The molecule has 5 aromatic rings. The fourth-order valence-electron chi connectivity index (χ4n) is 13.2. The van der Waals surface area contributed by atoms with Gasteiger partial charge in [0.25, 0.3) is 0 Å². The van der Waals surface area contributed by atoms with Gasteiger partial charge in [0, 0.05) is 41.0 Å². The lowest BCUT2D eigenvalue weighted by molar-refractivity contribution is -0.754. The first-order valence-corrected chi connectivity index (χ1v) is 23.8. The van der Waals surface area contributed by atoms with Crippen molar-refractivity contribution in [2.75, 3.05) is 43.0 Å². The van der Waals surface area contributed by atoms with Gasteiger partial charge in [0.2, 0.25) is 22.9 Å². The summed E-state index contributed by atoms with van der Waals surface area (Å²) in [5, 5.41) is 29.1. The number of quaternary nitrogens is 1. The largest absolute Gasteiger partial charge is 0.476 e.